The number of phenolic OH excluding ortho intramolecular Hbond substituents is 10. The number of aryl methyl sites for hydroxylation is 2. The molecule has 754 valence electrons. The Morgan fingerprint density at radius 2 is 0.633 bits per heavy atom. The Morgan fingerprint density at radius 1 is 0.306 bits per heavy atom. The average molecular weight is 2720 g/mol. The summed E-state index contributed by atoms with van der Waals surface area (Å²) in [4.78, 5) is 37.1. The van der Waals surface area contributed by atoms with Crippen LogP contribution in [0.25, 0.3) is 71.4 Å². The van der Waals surface area contributed by atoms with Crippen molar-refractivity contribution in [3.63, 3.8) is 0 Å². The molecule has 1 atom stereocenters. The van der Waals surface area contributed by atoms with Crippen LogP contribution in [0.15, 0.2) is 263 Å². The zero-order chi connectivity index (χ0) is 104. The van der Waals surface area contributed by atoms with Crippen LogP contribution in [0.2, 0.25) is 0 Å². The van der Waals surface area contributed by atoms with Crippen LogP contribution in [-0.4, -0.2) is 65.3 Å². The van der Waals surface area contributed by atoms with Crippen molar-refractivity contribution in [3.05, 3.63) is 329 Å². The van der Waals surface area contributed by atoms with Crippen molar-refractivity contribution in [1.29, 1.82) is 0 Å². The van der Waals surface area contributed by atoms with Gasteiger partial charge >= 0.3 is 0 Å². The third-order valence-corrected chi connectivity index (χ3v) is 35.6. The molecule has 17 aromatic rings. The third kappa shape index (κ3) is 20.9. The fourth-order valence-corrected chi connectivity index (χ4v) is 27.1. The molecule has 0 radical (unpaired) electrons. The molecular weight excluding hydrogens is 2630 g/mol. The van der Waals surface area contributed by atoms with Gasteiger partial charge in [0.2, 0.25) is 16.3 Å². The second kappa shape index (κ2) is 44.1. The first-order chi connectivity index (χ1) is 70.6. The predicted molar refractivity (Wildman–Crippen MR) is 614 cm³/mol. The molecule has 25 rings (SSSR count). The fourth-order valence-electron chi connectivity index (χ4n) is 21.1. The van der Waals surface area contributed by atoms with Gasteiger partial charge in [0.05, 0.1) is 71.6 Å². The van der Waals surface area contributed by atoms with Crippen molar-refractivity contribution in [2.45, 2.75) is 134 Å². The van der Waals surface area contributed by atoms with E-state index in [9.17, 15) is 65.4 Å². The topological polar surface area (TPSA) is 348 Å². The zero-order valence-corrected chi connectivity index (χ0v) is 95.9. The van der Waals surface area contributed by atoms with E-state index in [0.717, 1.165) is 75.5 Å². The summed E-state index contributed by atoms with van der Waals surface area (Å²) in [6.07, 6.45) is 20.2. The molecule has 0 saturated heterocycles. The zero-order valence-electron chi connectivity index (χ0n) is 78.9. The van der Waals surface area contributed by atoms with E-state index in [4.69, 9.17) is 41.7 Å². The van der Waals surface area contributed by atoms with Crippen LogP contribution < -0.4 is 44.7 Å². The summed E-state index contributed by atoms with van der Waals surface area (Å²) in [6, 6.07) is 57.9. The summed E-state index contributed by atoms with van der Waals surface area (Å²) >= 11 is 30.5. The Bertz CT molecular complexity index is 8090. The van der Waals surface area contributed by atoms with Gasteiger partial charge in [0, 0.05) is 98.7 Å². The molecule has 4 aliphatic heterocycles. The normalized spacial score (nSPS) is 15.3. The second-order valence-electron chi connectivity index (χ2n) is 37.3. The summed E-state index contributed by atoms with van der Waals surface area (Å²) in [5.74, 6) is 11.7. The van der Waals surface area contributed by atoms with E-state index in [-0.39, 0.29) is 99.8 Å². The molecular formula is C115H92Br8I2O22. The van der Waals surface area contributed by atoms with Crippen LogP contribution in [0.4, 0.5) is 0 Å². The third-order valence-electron chi connectivity index (χ3n) is 28.1. The molecule has 4 fully saturated rings. The van der Waals surface area contributed by atoms with Crippen LogP contribution in [0.1, 0.15) is 176 Å². The largest absolute Gasteiger partial charge is 0.508 e. The van der Waals surface area contributed by atoms with E-state index in [1.54, 1.807) is 44.1 Å². The van der Waals surface area contributed by atoms with Gasteiger partial charge in [0.25, 0.3) is 0 Å². The number of benzene rings is 14. The molecule has 8 aliphatic rings. The maximum Gasteiger partial charge on any atom is 0.200 e. The Kier molecular flexibility index (Phi) is 31.4. The summed E-state index contributed by atoms with van der Waals surface area (Å²) in [5.41, 5.74) is 16.0. The second-order valence-corrected chi connectivity index (χ2v) is 46.0. The molecule has 14 aromatic carbocycles. The highest BCUT2D eigenvalue weighted by molar-refractivity contribution is 14.1. The minimum atomic E-state index is -0.269. The van der Waals surface area contributed by atoms with Gasteiger partial charge in [-0.2, -0.15) is 0 Å². The number of rotatable bonds is 5. The summed E-state index contributed by atoms with van der Waals surface area (Å²) in [7, 11) is 3.40. The van der Waals surface area contributed by atoms with Crippen molar-refractivity contribution in [3.8, 4) is 115 Å². The number of hydrogen-bond donors (Lipinski definition) is 10. The van der Waals surface area contributed by atoms with Crippen LogP contribution >= 0.6 is 173 Å². The predicted octanol–water partition coefficient (Wildman–Crippen LogP) is 34.3. The summed E-state index contributed by atoms with van der Waals surface area (Å²) in [6.45, 7) is 4.22. The molecule has 0 amide bonds. The first kappa shape index (κ1) is 105. The van der Waals surface area contributed by atoms with E-state index in [0.29, 0.717) is 135 Å². The lowest BCUT2D eigenvalue weighted by atomic mass is 9.77. The van der Waals surface area contributed by atoms with Crippen molar-refractivity contribution < 1.29 is 92.7 Å². The quantitative estimate of drug-likeness (QED) is 0.0565. The maximum absolute atomic E-state index is 12.6. The van der Waals surface area contributed by atoms with E-state index >= 15 is 0 Å². The first-order valence-electron chi connectivity index (χ1n) is 47.5. The monoisotopic (exact) mass is 2710 g/mol. The molecule has 22 nitrogen and oxygen atoms in total. The number of phenols is 10. The smallest absolute Gasteiger partial charge is 0.200 e. The average Bonchev–Trinajstić information content (AvgIpc) is 1.55. The Morgan fingerprint density at radius 3 is 1.09 bits per heavy atom. The molecule has 0 bridgehead atoms. The standard InChI is InChI=1S/C20H22O2.C20H20O2.C18H14Br4O3.C18H18O3.C13H4Br4O4.C13H6I2O4.C13H8O4/c2*1-13-7-9-16-18(11-13)22-19-12-15(21-2)8-10-17(19)20(16)14-5-3-4-6-14;19-10-5-8-12(7-3-1-2-4-7)9-6-11(20)16(24)14(22)18(9)25-17(8)13(21)15(10)23;19-12-5-7-14-16(9-12)21-17-10-13(20)6-8-15(17)18(14)11-3-1-2-4-11;14-5-1-3-9(18)4-2-6(15)11(20)8(17)13(4)21-12(3)7(16)10(5)19;14-9-7(16)3-1-5-11(18)6-2-4-8(17)10(15)13(6)19-12(5)9;14-7-1-3-9-11(5-7)17-12-6-8(15)2-4-10(12)13(9)16/h7-12,14,20H,3-6H2,1-2H3;7-12H,3-6H2,1-2H3;5-7,12,23-24H,1-4H2;5-11,18-20H,1-4H2;1-2,19-20H;1-4,16-17H;1-6,14-15H. The Labute approximate surface area is 937 Å². The lowest BCUT2D eigenvalue weighted by molar-refractivity contribution is 0.382. The Hall–Kier alpha value is -10.7. The van der Waals surface area contributed by atoms with Crippen molar-refractivity contribution in [2.24, 2.45) is 17.8 Å². The number of methoxy groups -OCH3 is 2. The molecule has 32 heteroatoms. The number of aromatic hydroxyl groups is 10. The molecule has 4 aliphatic carbocycles. The number of allylic oxidation sites excluding steroid dienone is 1. The van der Waals surface area contributed by atoms with E-state index in [2.05, 4.69) is 196 Å². The minimum Gasteiger partial charge on any atom is -0.508 e. The molecule has 4 saturated carbocycles. The minimum absolute atomic E-state index is 0.0279. The van der Waals surface area contributed by atoms with Crippen LogP contribution in [0.5, 0.6) is 115 Å². The van der Waals surface area contributed by atoms with Gasteiger partial charge in [-0.1, -0.05) is 86.6 Å². The van der Waals surface area contributed by atoms with E-state index < -0.39 is 0 Å². The highest BCUT2D eigenvalue weighted by atomic mass is 127. The summed E-state index contributed by atoms with van der Waals surface area (Å²) in [5, 5.41) is 100. The SMILES string of the molecule is COc1ccc2c(c1)Oc1cc(C)ccc1C2=C1CCCC1.COc1ccc2c(c1)Oc1cc(C)ccc1C2C1CCCC1.O=c1c2cc(Br)c(O)c(Br)c2oc2c(Br)c(O)c(Br)cc12.O=c1c2ccc(O)c(I)c2oc2c(I)c(O)ccc12.O=c1c2ccc(O)cc2oc2cc(O)ccc12.Oc1c(Br)cc2c(c1Br)Oc1c(cc(Br)c(O)c1Br)C2C1CCCC1.Oc1ccc2c(c1)Oc1cc(O)ccc1C2C1CCCC1. The summed E-state index contributed by atoms with van der Waals surface area (Å²) < 4.78 is 56.6. The van der Waals surface area contributed by atoms with Crippen molar-refractivity contribution >= 4 is 244 Å². The van der Waals surface area contributed by atoms with Gasteiger partial charge < -0.3 is 92.7 Å². The van der Waals surface area contributed by atoms with Crippen LogP contribution in [0, 0.1) is 38.7 Å². The number of ether oxygens (including phenoxy) is 6. The first-order valence-corrected chi connectivity index (χ1v) is 56.0. The van der Waals surface area contributed by atoms with Crippen molar-refractivity contribution in [1.82, 2.24) is 0 Å². The van der Waals surface area contributed by atoms with Gasteiger partial charge in [0.1, 0.15) is 144 Å². The lowest BCUT2D eigenvalue weighted by Crippen LogP contribution is -2.18. The molecule has 0 spiro atoms. The molecule has 3 aromatic heterocycles. The number of hydrogen-bond acceptors (Lipinski definition) is 22. The van der Waals surface area contributed by atoms with Gasteiger partial charge in [-0.25, -0.2) is 0 Å². The van der Waals surface area contributed by atoms with E-state index in [1.165, 1.54) is 202 Å². The molecule has 10 N–H and O–H groups in total. The van der Waals surface area contributed by atoms with E-state index in [1.807, 2.05) is 87.6 Å². The maximum atomic E-state index is 12.6. The van der Waals surface area contributed by atoms with Gasteiger partial charge in [0.15, 0.2) is 22.3 Å². The lowest BCUT2D eigenvalue weighted by Gasteiger charge is -2.34. The van der Waals surface area contributed by atoms with Crippen LogP contribution in [-0.2, 0) is 0 Å². The molecule has 7 heterocycles. The number of halogens is 10. The van der Waals surface area contributed by atoms with Crippen LogP contribution in [0.3, 0.4) is 0 Å². The number of fused-ring (bicyclic) bond motifs is 14. The van der Waals surface area contributed by atoms with Gasteiger partial charge in [-0.3, -0.25) is 14.4 Å². The highest BCUT2D eigenvalue weighted by Crippen LogP contribution is 2.62. The van der Waals surface area contributed by atoms with Crippen molar-refractivity contribution in [2.75, 3.05) is 14.2 Å². The van der Waals surface area contributed by atoms with Gasteiger partial charge in [-0.15, -0.1) is 0 Å². The molecule has 1 unspecified atom stereocenters. The van der Waals surface area contributed by atoms with Gasteiger partial charge in [-0.05, 0) is 400 Å². The highest BCUT2D eigenvalue weighted by Gasteiger charge is 2.42. The molecule has 147 heavy (non-hydrogen) atoms. The Balaban J connectivity index is 0.000000108. The fraction of sp³-hybridized carbons (Fsp3) is 0.226.